The van der Waals surface area contributed by atoms with Crippen LogP contribution in [0.5, 0.6) is 5.75 Å². The molecule has 2 N–H and O–H groups in total. The SMILES string of the molecule is COc1c(C)cnc(Cn2cc(CCN3CCCC(NC(=O)c4csc(C(=O)O)n4)C3)nn2)c1C. The number of aromatic carboxylic acids is 1. The Morgan fingerprint density at radius 2 is 2.17 bits per heavy atom. The van der Waals surface area contributed by atoms with Crippen molar-refractivity contribution < 1.29 is 19.4 Å². The fourth-order valence-electron chi connectivity index (χ4n) is 4.30. The molecule has 0 aromatic carbocycles. The van der Waals surface area contributed by atoms with Gasteiger partial charge in [0, 0.05) is 54.5 Å². The van der Waals surface area contributed by atoms with Crippen molar-refractivity contribution in [3.63, 3.8) is 0 Å². The molecule has 3 aromatic heterocycles. The molecule has 3 aromatic rings. The van der Waals surface area contributed by atoms with Crippen molar-refractivity contribution in [1.82, 2.24) is 35.2 Å². The molecule has 35 heavy (non-hydrogen) atoms. The van der Waals surface area contributed by atoms with Gasteiger partial charge in [-0.3, -0.25) is 9.78 Å². The third-order valence-electron chi connectivity index (χ3n) is 6.09. The Morgan fingerprint density at radius 1 is 1.34 bits per heavy atom. The number of carbonyl (C=O) groups is 2. The van der Waals surface area contributed by atoms with Gasteiger partial charge in [0.05, 0.1) is 25.0 Å². The Bertz CT molecular complexity index is 1210. The van der Waals surface area contributed by atoms with E-state index in [0.29, 0.717) is 6.54 Å². The highest BCUT2D eigenvalue weighted by atomic mass is 32.1. The van der Waals surface area contributed by atoms with Crippen molar-refractivity contribution in [2.75, 3.05) is 26.7 Å². The second-order valence-electron chi connectivity index (χ2n) is 8.66. The van der Waals surface area contributed by atoms with E-state index in [2.05, 4.69) is 30.5 Å². The van der Waals surface area contributed by atoms with E-state index < -0.39 is 5.97 Å². The van der Waals surface area contributed by atoms with E-state index in [4.69, 9.17) is 9.84 Å². The molecule has 4 heterocycles. The zero-order chi connectivity index (χ0) is 24.9. The van der Waals surface area contributed by atoms with E-state index in [1.807, 2.05) is 26.2 Å². The third-order valence-corrected chi connectivity index (χ3v) is 6.92. The number of carbonyl (C=O) groups excluding carboxylic acids is 1. The summed E-state index contributed by atoms with van der Waals surface area (Å²) in [6.45, 7) is 6.97. The van der Waals surface area contributed by atoms with Crippen LogP contribution in [0.4, 0.5) is 0 Å². The van der Waals surface area contributed by atoms with E-state index in [1.165, 1.54) is 5.38 Å². The molecule has 1 aliphatic heterocycles. The third kappa shape index (κ3) is 6.01. The summed E-state index contributed by atoms with van der Waals surface area (Å²) in [6.07, 6.45) is 6.34. The van der Waals surface area contributed by atoms with E-state index >= 15 is 0 Å². The number of piperidine rings is 1. The number of methoxy groups -OCH3 is 1. The van der Waals surface area contributed by atoms with Crippen molar-refractivity contribution in [2.24, 2.45) is 0 Å². The van der Waals surface area contributed by atoms with E-state index in [1.54, 1.807) is 11.8 Å². The van der Waals surface area contributed by atoms with Crippen LogP contribution in [0.1, 0.15) is 55.6 Å². The number of amides is 1. The smallest absolute Gasteiger partial charge is 0.365 e. The largest absolute Gasteiger partial charge is 0.496 e. The highest BCUT2D eigenvalue weighted by molar-refractivity contribution is 7.11. The van der Waals surface area contributed by atoms with Gasteiger partial charge in [-0.25, -0.2) is 14.5 Å². The fourth-order valence-corrected chi connectivity index (χ4v) is 4.93. The molecule has 0 saturated carbocycles. The molecule has 0 spiro atoms. The summed E-state index contributed by atoms with van der Waals surface area (Å²) < 4.78 is 7.28. The molecule has 11 nitrogen and oxygen atoms in total. The topological polar surface area (TPSA) is 135 Å². The summed E-state index contributed by atoms with van der Waals surface area (Å²) in [5, 5.41) is 22.0. The summed E-state index contributed by atoms with van der Waals surface area (Å²) in [5.74, 6) is -0.612. The van der Waals surface area contributed by atoms with E-state index in [9.17, 15) is 9.59 Å². The second-order valence-corrected chi connectivity index (χ2v) is 9.52. The summed E-state index contributed by atoms with van der Waals surface area (Å²) in [7, 11) is 1.66. The maximum absolute atomic E-state index is 12.5. The number of carboxylic acid groups (broad SMARTS) is 1. The number of likely N-dealkylation sites (tertiary alicyclic amines) is 1. The lowest BCUT2D eigenvalue weighted by atomic mass is 10.1. The van der Waals surface area contributed by atoms with Crippen molar-refractivity contribution in [2.45, 2.75) is 45.7 Å². The molecule has 1 amide bonds. The van der Waals surface area contributed by atoms with E-state index in [-0.39, 0.29) is 22.7 Å². The molecule has 0 bridgehead atoms. The highest BCUT2D eigenvalue weighted by Gasteiger charge is 2.23. The molecule has 1 fully saturated rings. The normalized spacial score (nSPS) is 16.3. The standard InChI is InChI=1S/C23H29N7O4S/c1-14-9-24-18(15(2)20(14)34-3)12-30-11-17(27-28-30)6-8-29-7-4-5-16(10-29)25-21(31)19-13-35-22(26-19)23(32)33/h9,11,13,16H,4-8,10,12H2,1-3H3,(H,25,31)(H,32,33). The number of aromatic nitrogens is 5. The predicted molar refractivity (Wildman–Crippen MR) is 129 cm³/mol. The maximum Gasteiger partial charge on any atom is 0.365 e. The minimum atomic E-state index is -1.13. The molecule has 1 saturated heterocycles. The van der Waals surface area contributed by atoms with Gasteiger partial charge < -0.3 is 20.1 Å². The average molecular weight is 500 g/mol. The van der Waals surface area contributed by atoms with Crippen molar-refractivity contribution in [1.29, 1.82) is 0 Å². The van der Waals surface area contributed by atoms with Crippen molar-refractivity contribution in [3.05, 3.63) is 51.0 Å². The van der Waals surface area contributed by atoms with Gasteiger partial charge in [-0.15, -0.1) is 16.4 Å². The van der Waals surface area contributed by atoms with Crippen LogP contribution in [0.3, 0.4) is 0 Å². The van der Waals surface area contributed by atoms with Crippen molar-refractivity contribution in [3.8, 4) is 5.75 Å². The van der Waals surface area contributed by atoms with Gasteiger partial charge in [-0.1, -0.05) is 5.21 Å². The lowest BCUT2D eigenvalue weighted by Crippen LogP contribution is -2.48. The molecule has 1 unspecified atom stereocenters. The number of ether oxygens (including phenoxy) is 1. The van der Waals surface area contributed by atoms with Crippen LogP contribution in [0.25, 0.3) is 0 Å². The molecule has 0 aliphatic carbocycles. The summed E-state index contributed by atoms with van der Waals surface area (Å²) in [4.78, 5) is 34.2. The molecule has 0 radical (unpaired) electrons. The van der Waals surface area contributed by atoms with Crippen LogP contribution in [-0.2, 0) is 13.0 Å². The Kier molecular flexibility index (Phi) is 7.71. The number of aryl methyl sites for hydroxylation is 1. The first-order chi connectivity index (χ1) is 16.8. The lowest BCUT2D eigenvalue weighted by Gasteiger charge is -2.32. The average Bonchev–Trinajstić information content (AvgIpc) is 3.50. The summed E-state index contributed by atoms with van der Waals surface area (Å²) in [5.41, 5.74) is 3.95. The van der Waals surface area contributed by atoms with Gasteiger partial charge in [-0.2, -0.15) is 0 Å². The van der Waals surface area contributed by atoms with Gasteiger partial charge in [-0.05, 0) is 33.2 Å². The second kappa shape index (κ2) is 10.9. The summed E-state index contributed by atoms with van der Waals surface area (Å²) in [6, 6.07) is -0.00697. The predicted octanol–water partition coefficient (Wildman–Crippen LogP) is 1.94. The number of hydrogen-bond acceptors (Lipinski definition) is 9. The number of thiazole rings is 1. The number of hydrogen-bond donors (Lipinski definition) is 2. The Morgan fingerprint density at radius 3 is 2.91 bits per heavy atom. The maximum atomic E-state index is 12.5. The van der Waals surface area contributed by atoms with Gasteiger partial charge >= 0.3 is 5.97 Å². The number of pyridine rings is 1. The highest BCUT2D eigenvalue weighted by Crippen LogP contribution is 2.24. The molecule has 1 aliphatic rings. The van der Waals surface area contributed by atoms with Crippen LogP contribution in [-0.4, -0.2) is 79.6 Å². The quantitative estimate of drug-likeness (QED) is 0.453. The van der Waals surface area contributed by atoms with E-state index in [0.717, 1.165) is 78.5 Å². The molecule has 4 rings (SSSR count). The van der Waals surface area contributed by atoms with Crippen LogP contribution < -0.4 is 10.1 Å². The number of carboxylic acids is 1. The number of nitrogens with zero attached hydrogens (tertiary/aromatic N) is 6. The minimum absolute atomic E-state index is 0.00697. The zero-order valence-electron chi connectivity index (χ0n) is 20.0. The summed E-state index contributed by atoms with van der Waals surface area (Å²) >= 11 is 0.953. The Labute approximate surface area is 207 Å². The first kappa shape index (κ1) is 24.7. The van der Waals surface area contributed by atoms with Crippen molar-refractivity contribution >= 4 is 23.2 Å². The zero-order valence-corrected chi connectivity index (χ0v) is 20.8. The fraction of sp³-hybridized carbons (Fsp3) is 0.478. The Balaban J connectivity index is 1.28. The number of rotatable bonds is 9. The first-order valence-electron chi connectivity index (χ1n) is 11.4. The van der Waals surface area contributed by atoms with Crippen LogP contribution in [0.15, 0.2) is 17.8 Å². The Hall–Kier alpha value is -3.38. The van der Waals surface area contributed by atoms with Gasteiger partial charge in [0.15, 0.2) is 0 Å². The van der Waals surface area contributed by atoms with Gasteiger partial charge in [0.2, 0.25) is 5.01 Å². The van der Waals surface area contributed by atoms with Crippen LogP contribution >= 0.6 is 11.3 Å². The minimum Gasteiger partial charge on any atom is -0.496 e. The monoisotopic (exact) mass is 499 g/mol. The van der Waals surface area contributed by atoms with Gasteiger partial charge in [0.1, 0.15) is 11.4 Å². The molecule has 1 atom stereocenters. The van der Waals surface area contributed by atoms with Gasteiger partial charge in [0.25, 0.3) is 5.91 Å². The molecule has 12 heteroatoms. The molecule has 186 valence electrons. The first-order valence-corrected chi connectivity index (χ1v) is 12.3. The number of nitrogens with one attached hydrogen (secondary N) is 1. The molecular weight excluding hydrogens is 470 g/mol. The molecular formula is C23H29N7O4S. The van der Waals surface area contributed by atoms with Crippen LogP contribution in [0.2, 0.25) is 0 Å². The lowest BCUT2D eigenvalue weighted by molar-refractivity contribution is 0.0696. The van der Waals surface area contributed by atoms with Crippen LogP contribution in [0, 0.1) is 13.8 Å².